The molecule has 1 aliphatic heterocycles. The number of nitriles is 2. The first-order valence-corrected chi connectivity index (χ1v) is 5.17. The Labute approximate surface area is 104 Å². The third-order valence-corrected chi connectivity index (χ3v) is 2.42. The van der Waals surface area contributed by atoms with E-state index < -0.39 is 0 Å². The normalized spacial score (nSPS) is 12.0. The smallest absolute Gasteiger partial charge is 0.319 e. The molecule has 0 fully saturated rings. The molecule has 0 unspecified atom stereocenters. The summed E-state index contributed by atoms with van der Waals surface area (Å²) in [5, 5.41) is 25.4. The number of carbonyl (C=O) groups excluding carboxylic acids is 1. The average Bonchev–Trinajstić information content (AvgIpc) is 2.40. The van der Waals surface area contributed by atoms with Crippen molar-refractivity contribution in [1.29, 1.82) is 10.5 Å². The SMILES string of the molecule is N#CC(C#N)=CNc1ccc2c(c1)CNC(=O)N2. The minimum Gasteiger partial charge on any atom is -0.360 e. The van der Waals surface area contributed by atoms with E-state index in [1.165, 1.54) is 6.20 Å². The van der Waals surface area contributed by atoms with Gasteiger partial charge in [-0.05, 0) is 23.8 Å². The molecule has 3 N–H and O–H groups in total. The Bertz CT molecular complexity index is 590. The molecule has 1 aromatic rings. The van der Waals surface area contributed by atoms with Gasteiger partial charge in [0.15, 0.2) is 0 Å². The molecule has 0 radical (unpaired) electrons. The summed E-state index contributed by atoms with van der Waals surface area (Å²) >= 11 is 0. The van der Waals surface area contributed by atoms with E-state index >= 15 is 0 Å². The zero-order valence-electron chi connectivity index (χ0n) is 9.32. The maximum atomic E-state index is 11.1. The molecule has 18 heavy (non-hydrogen) atoms. The predicted molar refractivity (Wildman–Crippen MR) is 65.2 cm³/mol. The number of allylic oxidation sites excluding steroid dienone is 1. The summed E-state index contributed by atoms with van der Waals surface area (Å²) in [6.45, 7) is 0.448. The molecule has 6 heteroatoms. The lowest BCUT2D eigenvalue weighted by Crippen LogP contribution is -2.33. The lowest BCUT2D eigenvalue weighted by molar-refractivity contribution is 0.251. The van der Waals surface area contributed by atoms with E-state index in [1.54, 1.807) is 24.3 Å². The van der Waals surface area contributed by atoms with Crippen LogP contribution < -0.4 is 16.0 Å². The van der Waals surface area contributed by atoms with E-state index in [4.69, 9.17) is 10.5 Å². The summed E-state index contributed by atoms with van der Waals surface area (Å²) in [7, 11) is 0. The molecule has 6 nitrogen and oxygen atoms in total. The highest BCUT2D eigenvalue weighted by Crippen LogP contribution is 2.22. The number of nitrogens with zero attached hydrogens (tertiary/aromatic N) is 2. The van der Waals surface area contributed by atoms with Gasteiger partial charge in [-0.2, -0.15) is 10.5 Å². The summed E-state index contributed by atoms with van der Waals surface area (Å²) in [6, 6.07) is 8.66. The Morgan fingerprint density at radius 1 is 1.39 bits per heavy atom. The summed E-state index contributed by atoms with van der Waals surface area (Å²) in [4.78, 5) is 11.1. The van der Waals surface area contributed by atoms with Crippen molar-refractivity contribution in [2.75, 3.05) is 10.6 Å². The molecule has 88 valence electrons. The van der Waals surface area contributed by atoms with Crippen molar-refractivity contribution in [3.05, 3.63) is 35.5 Å². The van der Waals surface area contributed by atoms with Gasteiger partial charge in [0, 0.05) is 24.1 Å². The van der Waals surface area contributed by atoms with Gasteiger partial charge in [0.05, 0.1) is 0 Å². The highest BCUT2D eigenvalue weighted by atomic mass is 16.2. The van der Waals surface area contributed by atoms with E-state index in [1.807, 2.05) is 6.07 Å². The second-order valence-electron chi connectivity index (χ2n) is 3.61. The number of benzene rings is 1. The molecule has 1 aromatic carbocycles. The van der Waals surface area contributed by atoms with Gasteiger partial charge in [-0.15, -0.1) is 0 Å². The van der Waals surface area contributed by atoms with Gasteiger partial charge in [0.1, 0.15) is 17.7 Å². The Morgan fingerprint density at radius 3 is 2.89 bits per heavy atom. The first-order valence-electron chi connectivity index (χ1n) is 5.17. The number of hydrogen-bond acceptors (Lipinski definition) is 4. The van der Waals surface area contributed by atoms with Crippen LogP contribution in [0.2, 0.25) is 0 Å². The number of carbonyl (C=O) groups is 1. The van der Waals surface area contributed by atoms with Crippen molar-refractivity contribution < 1.29 is 4.79 Å². The Balaban J connectivity index is 2.18. The van der Waals surface area contributed by atoms with Crippen LogP contribution in [0.4, 0.5) is 16.2 Å². The first-order chi connectivity index (χ1) is 8.72. The van der Waals surface area contributed by atoms with Gasteiger partial charge < -0.3 is 16.0 Å². The molecule has 2 rings (SSSR count). The van der Waals surface area contributed by atoms with Crippen molar-refractivity contribution in [1.82, 2.24) is 5.32 Å². The van der Waals surface area contributed by atoms with E-state index in [-0.39, 0.29) is 11.6 Å². The van der Waals surface area contributed by atoms with Crippen molar-refractivity contribution in [3.8, 4) is 12.1 Å². The van der Waals surface area contributed by atoms with E-state index in [9.17, 15) is 4.79 Å². The van der Waals surface area contributed by atoms with Gasteiger partial charge in [-0.25, -0.2) is 4.79 Å². The lowest BCUT2D eigenvalue weighted by Gasteiger charge is -2.18. The summed E-state index contributed by atoms with van der Waals surface area (Å²) < 4.78 is 0. The van der Waals surface area contributed by atoms with Crippen LogP contribution >= 0.6 is 0 Å². The summed E-state index contributed by atoms with van der Waals surface area (Å²) in [5.41, 5.74) is 2.44. The monoisotopic (exact) mass is 239 g/mol. The molecular formula is C12H9N5O. The topological polar surface area (TPSA) is 101 Å². The molecule has 0 aliphatic carbocycles. The first kappa shape index (κ1) is 11.5. The molecule has 0 saturated heterocycles. The third kappa shape index (κ3) is 2.39. The summed E-state index contributed by atoms with van der Waals surface area (Å²) in [5.74, 6) is 0. The lowest BCUT2D eigenvalue weighted by atomic mass is 10.1. The van der Waals surface area contributed by atoms with Gasteiger partial charge in [-0.3, -0.25) is 0 Å². The maximum Gasteiger partial charge on any atom is 0.319 e. The Kier molecular flexibility index (Phi) is 3.13. The quantitative estimate of drug-likeness (QED) is 0.683. The zero-order chi connectivity index (χ0) is 13.0. The number of amides is 2. The molecule has 1 heterocycles. The standard InChI is InChI=1S/C12H9N5O/c13-4-8(5-14)6-15-10-1-2-11-9(3-10)7-16-12(18)17-11/h1-3,6,15H,7H2,(H2,16,17,18). The predicted octanol–water partition coefficient (Wildman–Crippen LogP) is 1.66. The summed E-state index contributed by atoms with van der Waals surface area (Å²) in [6.07, 6.45) is 1.34. The number of anilines is 2. The van der Waals surface area contributed by atoms with Crippen LogP contribution in [-0.2, 0) is 6.54 Å². The minimum absolute atomic E-state index is 0.000788. The van der Waals surface area contributed by atoms with E-state index in [0.29, 0.717) is 6.54 Å². The van der Waals surface area contributed by atoms with Gasteiger partial charge >= 0.3 is 6.03 Å². The highest BCUT2D eigenvalue weighted by Gasteiger charge is 2.13. The van der Waals surface area contributed by atoms with Crippen LogP contribution in [0, 0.1) is 22.7 Å². The van der Waals surface area contributed by atoms with Crippen molar-refractivity contribution in [2.24, 2.45) is 0 Å². The zero-order valence-corrected chi connectivity index (χ0v) is 9.32. The van der Waals surface area contributed by atoms with Crippen LogP contribution in [-0.4, -0.2) is 6.03 Å². The second kappa shape index (κ2) is 4.89. The second-order valence-corrected chi connectivity index (χ2v) is 3.61. The fraction of sp³-hybridized carbons (Fsp3) is 0.0833. The van der Waals surface area contributed by atoms with E-state index in [2.05, 4.69) is 16.0 Å². The number of urea groups is 1. The van der Waals surface area contributed by atoms with Crippen molar-refractivity contribution >= 4 is 17.4 Å². The van der Waals surface area contributed by atoms with E-state index in [0.717, 1.165) is 16.9 Å². The fourth-order valence-electron chi connectivity index (χ4n) is 1.54. The molecule has 0 saturated carbocycles. The molecule has 0 spiro atoms. The van der Waals surface area contributed by atoms with Crippen LogP contribution in [0.5, 0.6) is 0 Å². The third-order valence-electron chi connectivity index (χ3n) is 2.42. The molecule has 1 aliphatic rings. The van der Waals surface area contributed by atoms with Crippen LogP contribution in [0.15, 0.2) is 30.0 Å². The number of rotatable bonds is 2. The number of nitrogens with one attached hydrogen (secondary N) is 3. The Morgan fingerprint density at radius 2 is 2.17 bits per heavy atom. The molecule has 0 atom stereocenters. The number of hydrogen-bond donors (Lipinski definition) is 3. The minimum atomic E-state index is -0.223. The molecular weight excluding hydrogens is 230 g/mol. The van der Waals surface area contributed by atoms with Crippen LogP contribution in [0.1, 0.15) is 5.56 Å². The average molecular weight is 239 g/mol. The largest absolute Gasteiger partial charge is 0.360 e. The highest BCUT2D eigenvalue weighted by molar-refractivity contribution is 5.92. The van der Waals surface area contributed by atoms with Crippen molar-refractivity contribution in [2.45, 2.75) is 6.54 Å². The number of fused-ring (bicyclic) bond motifs is 1. The van der Waals surface area contributed by atoms with Gasteiger partial charge in [0.25, 0.3) is 0 Å². The van der Waals surface area contributed by atoms with Gasteiger partial charge in [-0.1, -0.05) is 0 Å². The molecule has 0 aromatic heterocycles. The van der Waals surface area contributed by atoms with Crippen LogP contribution in [0.3, 0.4) is 0 Å². The molecule has 0 bridgehead atoms. The van der Waals surface area contributed by atoms with Crippen molar-refractivity contribution in [3.63, 3.8) is 0 Å². The fourth-order valence-corrected chi connectivity index (χ4v) is 1.54. The molecule has 2 amide bonds. The van der Waals surface area contributed by atoms with Crippen LogP contribution in [0.25, 0.3) is 0 Å². The van der Waals surface area contributed by atoms with Gasteiger partial charge in [0.2, 0.25) is 0 Å². The Hall–Kier alpha value is -2.99. The maximum absolute atomic E-state index is 11.1.